The second kappa shape index (κ2) is 6.15. The standard InChI is InChI=1S/C17H22BrN3O2/c1-17(2,3)23-16(22)20-7-4-12(5-8-20)14-10-13(18)15-11-19-6-9-21(14)15/h6,9-12H,4-5,7-8H2,1-3H3. The second-order valence-corrected chi connectivity index (χ2v) is 7.84. The molecular weight excluding hydrogens is 358 g/mol. The van der Waals surface area contributed by atoms with Crippen LogP contribution in [0.1, 0.15) is 45.2 Å². The summed E-state index contributed by atoms with van der Waals surface area (Å²) in [6.45, 7) is 7.16. The minimum absolute atomic E-state index is 0.207. The number of nitrogens with zero attached hydrogens (tertiary/aromatic N) is 3. The fourth-order valence-corrected chi connectivity index (χ4v) is 3.56. The Morgan fingerprint density at radius 1 is 1.35 bits per heavy atom. The highest BCUT2D eigenvalue weighted by molar-refractivity contribution is 9.10. The van der Waals surface area contributed by atoms with Crippen LogP contribution in [0.3, 0.4) is 0 Å². The van der Waals surface area contributed by atoms with Crippen molar-refractivity contribution in [2.75, 3.05) is 13.1 Å². The van der Waals surface area contributed by atoms with E-state index in [1.165, 1.54) is 5.69 Å². The molecule has 1 aliphatic heterocycles. The van der Waals surface area contributed by atoms with E-state index in [9.17, 15) is 4.79 Å². The van der Waals surface area contributed by atoms with Crippen LogP contribution in [0.25, 0.3) is 5.52 Å². The molecule has 2 aromatic rings. The van der Waals surface area contributed by atoms with E-state index in [0.29, 0.717) is 5.92 Å². The lowest BCUT2D eigenvalue weighted by molar-refractivity contribution is 0.0204. The molecule has 6 heteroatoms. The number of hydrogen-bond donors (Lipinski definition) is 0. The molecule has 0 aromatic carbocycles. The van der Waals surface area contributed by atoms with E-state index in [2.05, 4.69) is 31.4 Å². The summed E-state index contributed by atoms with van der Waals surface area (Å²) >= 11 is 3.61. The van der Waals surface area contributed by atoms with Crippen LogP contribution in [0.15, 0.2) is 29.1 Å². The van der Waals surface area contributed by atoms with Crippen molar-refractivity contribution in [3.8, 4) is 0 Å². The molecule has 0 N–H and O–H groups in total. The molecule has 5 nitrogen and oxygen atoms in total. The third-order valence-corrected chi connectivity index (χ3v) is 4.76. The van der Waals surface area contributed by atoms with Crippen molar-refractivity contribution >= 4 is 27.5 Å². The number of amides is 1. The van der Waals surface area contributed by atoms with Crippen LogP contribution in [0.5, 0.6) is 0 Å². The lowest BCUT2D eigenvalue weighted by atomic mass is 9.94. The molecule has 124 valence electrons. The normalized spacial score (nSPS) is 16.8. The number of piperidine rings is 1. The Hall–Kier alpha value is -1.56. The Bertz CT molecular complexity index is 712. The molecule has 3 heterocycles. The summed E-state index contributed by atoms with van der Waals surface area (Å²) in [4.78, 5) is 18.2. The Morgan fingerprint density at radius 3 is 2.70 bits per heavy atom. The number of halogens is 1. The maximum Gasteiger partial charge on any atom is 0.410 e. The fourth-order valence-electron chi connectivity index (χ4n) is 3.04. The van der Waals surface area contributed by atoms with Crippen LogP contribution >= 0.6 is 15.9 Å². The highest BCUT2D eigenvalue weighted by atomic mass is 79.9. The van der Waals surface area contributed by atoms with Crippen LogP contribution in [0.4, 0.5) is 4.79 Å². The molecule has 23 heavy (non-hydrogen) atoms. The molecule has 0 radical (unpaired) electrons. The first-order valence-electron chi connectivity index (χ1n) is 7.93. The fraction of sp³-hybridized carbons (Fsp3) is 0.529. The average Bonchev–Trinajstić information content (AvgIpc) is 2.83. The second-order valence-electron chi connectivity index (χ2n) is 6.99. The van der Waals surface area contributed by atoms with Crippen LogP contribution < -0.4 is 0 Å². The molecule has 1 amide bonds. The van der Waals surface area contributed by atoms with Crippen molar-refractivity contribution in [2.45, 2.75) is 45.1 Å². The zero-order chi connectivity index (χ0) is 16.6. The van der Waals surface area contributed by atoms with E-state index < -0.39 is 5.60 Å². The number of fused-ring (bicyclic) bond motifs is 1. The first-order valence-corrected chi connectivity index (χ1v) is 8.73. The Morgan fingerprint density at radius 2 is 2.04 bits per heavy atom. The molecule has 1 fully saturated rings. The summed E-state index contributed by atoms with van der Waals surface area (Å²) in [5.74, 6) is 0.440. The molecule has 0 atom stereocenters. The lowest BCUT2D eigenvalue weighted by Crippen LogP contribution is -2.41. The first kappa shape index (κ1) is 16.3. The van der Waals surface area contributed by atoms with Crippen molar-refractivity contribution in [3.63, 3.8) is 0 Å². The minimum Gasteiger partial charge on any atom is -0.444 e. The minimum atomic E-state index is -0.441. The van der Waals surface area contributed by atoms with E-state index in [4.69, 9.17) is 4.74 Å². The summed E-state index contributed by atoms with van der Waals surface area (Å²) in [5, 5.41) is 0. The van der Waals surface area contributed by atoms with Gasteiger partial charge in [0, 0.05) is 41.6 Å². The van der Waals surface area contributed by atoms with Crippen LogP contribution in [-0.2, 0) is 4.74 Å². The molecule has 0 unspecified atom stereocenters. The van der Waals surface area contributed by atoms with Gasteiger partial charge in [0.1, 0.15) is 5.60 Å². The van der Waals surface area contributed by atoms with Gasteiger partial charge in [-0.25, -0.2) is 4.79 Å². The van der Waals surface area contributed by atoms with Gasteiger partial charge in [0.25, 0.3) is 0 Å². The van der Waals surface area contributed by atoms with E-state index in [0.717, 1.165) is 35.9 Å². The van der Waals surface area contributed by atoms with Crippen molar-refractivity contribution in [3.05, 3.63) is 34.8 Å². The predicted octanol–water partition coefficient (Wildman–Crippen LogP) is 4.21. The van der Waals surface area contributed by atoms with Gasteiger partial charge in [-0.3, -0.25) is 4.98 Å². The third-order valence-electron chi connectivity index (χ3n) is 4.12. The number of hydrogen-bond acceptors (Lipinski definition) is 3. The van der Waals surface area contributed by atoms with Crippen molar-refractivity contribution in [1.29, 1.82) is 0 Å². The zero-order valence-corrected chi connectivity index (χ0v) is 15.3. The van der Waals surface area contributed by atoms with Crippen molar-refractivity contribution in [2.24, 2.45) is 0 Å². The van der Waals surface area contributed by atoms with Gasteiger partial charge in [0.05, 0.1) is 11.7 Å². The van der Waals surface area contributed by atoms with Gasteiger partial charge in [-0.1, -0.05) is 0 Å². The molecule has 2 aromatic heterocycles. The number of carbonyl (C=O) groups is 1. The third kappa shape index (κ3) is 3.52. The Kier molecular flexibility index (Phi) is 4.36. The molecular formula is C17H22BrN3O2. The SMILES string of the molecule is CC(C)(C)OC(=O)N1CCC(c2cc(Br)c3cnccn23)CC1. The van der Waals surface area contributed by atoms with Crippen LogP contribution in [0.2, 0.25) is 0 Å². The van der Waals surface area contributed by atoms with Crippen molar-refractivity contribution < 1.29 is 9.53 Å². The largest absolute Gasteiger partial charge is 0.444 e. The van der Waals surface area contributed by atoms with Gasteiger partial charge in [-0.2, -0.15) is 0 Å². The molecule has 0 aliphatic carbocycles. The Labute approximate surface area is 144 Å². The number of ether oxygens (including phenoxy) is 1. The smallest absolute Gasteiger partial charge is 0.410 e. The molecule has 3 rings (SSSR count). The lowest BCUT2D eigenvalue weighted by Gasteiger charge is -2.33. The predicted molar refractivity (Wildman–Crippen MR) is 92.7 cm³/mol. The average molecular weight is 380 g/mol. The summed E-state index contributed by atoms with van der Waals surface area (Å²) < 4.78 is 8.71. The number of rotatable bonds is 1. The van der Waals surface area contributed by atoms with Crippen LogP contribution in [-0.4, -0.2) is 39.1 Å². The highest BCUT2D eigenvalue weighted by Gasteiger charge is 2.28. The summed E-state index contributed by atoms with van der Waals surface area (Å²) in [7, 11) is 0. The van der Waals surface area contributed by atoms with E-state index >= 15 is 0 Å². The zero-order valence-electron chi connectivity index (χ0n) is 13.8. The quantitative estimate of drug-likeness (QED) is 0.745. The number of carbonyl (C=O) groups excluding carboxylic acids is 1. The molecule has 0 bridgehead atoms. The van der Waals surface area contributed by atoms with Gasteiger partial charge < -0.3 is 14.0 Å². The molecule has 0 saturated carbocycles. The monoisotopic (exact) mass is 379 g/mol. The molecule has 1 aliphatic rings. The van der Waals surface area contributed by atoms with Crippen molar-refractivity contribution in [1.82, 2.24) is 14.3 Å². The molecule has 1 saturated heterocycles. The molecule has 0 spiro atoms. The maximum absolute atomic E-state index is 12.2. The maximum atomic E-state index is 12.2. The topological polar surface area (TPSA) is 46.8 Å². The number of likely N-dealkylation sites (tertiary alicyclic amines) is 1. The van der Waals surface area contributed by atoms with Gasteiger partial charge in [-0.05, 0) is 55.6 Å². The van der Waals surface area contributed by atoms with Gasteiger partial charge in [0.15, 0.2) is 0 Å². The number of aromatic nitrogens is 2. The highest BCUT2D eigenvalue weighted by Crippen LogP contribution is 2.33. The van der Waals surface area contributed by atoms with Gasteiger partial charge >= 0.3 is 6.09 Å². The van der Waals surface area contributed by atoms with E-state index in [-0.39, 0.29) is 6.09 Å². The van der Waals surface area contributed by atoms with Gasteiger partial charge in [0.2, 0.25) is 0 Å². The summed E-state index contributed by atoms with van der Waals surface area (Å²) in [6, 6.07) is 2.17. The van der Waals surface area contributed by atoms with E-state index in [1.807, 2.05) is 38.1 Å². The summed E-state index contributed by atoms with van der Waals surface area (Å²) in [5.41, 5.74) is 1.92. The first-order chi connectivity index (χ1) is 10.8. The Balaban J connectivity index is 1.70. The van der Waals surface area contributed by atoms with Gasteiger partial charge in [-0.15, -0.1) is 0 Å². The van der Waals surface area contributed by atoms with E-state index in [1.54, 1.807) is 6.20 Å². The van der Waals surface area contributed by atoms with Crippen LogP contribution in [0, 0.1) is 0 Å². The summed E-state index contributed by atoms with van der Waals surface area (Å²) in [6.07, 6.45) is 7.35.